The summed E-state index contributed by atoms with van der Waals surface area (Å²) in [7, 11) is 1.60. The monoisotopic (exact) mass is 358 g/mol. The summed E-state index contributed by atoms with van der Waals surface area (Å²) in [6.45, 7) is 2.60. The lowest BCUT2D eigenvalue weighted by molar-refractivity contribution is 0.0527. The van der Waals surface area contributed by atoms with Crippen molar-refractivity contribution in [3.05, 3.63) is 54.1 Å². The molecule has 0 heterocycles. The lowest BCUT2D eigenvalue weighted by Crippen LogP contribution is -2.32. The molecule has 7 heteroatoms. The van der Waals surface area contributed by atoms with Gasteiger partial charge in [-0.2, -0.15) is 0 Å². The molecule has 0 aliphatic heterocycles. The van der Waals surface area contributed by atoms with Crippen LogP contribution in [0.4, 0.5) is 10.5 Å². The first-order chi connectivity index (χ1) is 12.6. The second kappa shape index (κ2) is 9.93. The largest absolute Gasteiger partial charge is 0.497 e. The van der Waals surface area contributed by atoms with Crippen molar-refractivity contribution in [1.29, 1.82) is 0 Å². The van der Waals surface area contributed by atoms with Crippen LogP contribution < -0.4 is 20.1 Å². The molecule has 0 aromatic heterocycles. The van der Waals surface area contributed by atoms with E-state index < -0.39 is 12.0 Å². The maximum absolute atomic E-state index is 12.0. The lowest BCUT2D eigenvalue weighted by Gasteiger charge is -2.12. The van der Waals surface area contributed by atoms with Crippen molar-refractivity contribution < 1.29 is 23.8 Å². The van der Waals surface area contributed by atoms with Crippen molar-refractivity contribution >= 4 is 17.7 Å². The number of carbonyl (C=O) groups excluding carboxylic acids is 2. The van der Waals surface area contributed by atoms with Gasteiger partial charge in [0.15, 0.2) is 0 Å². The third-order valence-corrected chi connectivity index (χ3v) is 3.39. The molecule has 2 N–H and O–H groups in total. The number of anilines is 1. The van der Waals surface area contributed by atoms with Gasteiger partial charge >= 0.3 is 12.0 Å². The molecule has 0 aliphatic rings. The summed E-state index contributed by atoms with van der Waals surface area (Å²) in [5.74, 6) is 0.946. The van der Waals surface area contributed by atoms with Crippen molar-refractivity contribution in [1.82, 2.24) is 5.32 Å². The van der Waals surface area contributed by atoms with E-state index >= 15 is 0 Å². The first kappa shape index (κ1) is 19.1. The van der Waals surface area contributed by atoms with Crippen molar-refractivity contribution in [2.75, 3.05) is 32.2 Å². The van der Waals surface area contributed by atoms with Gasteiger partial charge in [-0.05, 0) is 43.3 Å². The Labute approximate surface area is 152 Å². The second-order valence-corrected chi connectivity index (χ2v) is 5.17. The van der Waals surface area contributed by atoms with Crippen LogP contribution in [0.2, 0.25) is 0 Å². The molecule has 0 atom stereocenters. The molecule has 0 saturated heterocycles. The summed E-state index contributed by atoms with van der Waals surface area (Å²) in [6, 6.07) is 13.4. The normalized spacial score (nSPS) is 9.92. The number of benzene rings is 2. The topological polar surface area (TPSA) is 85.9 Å². The zero-order valence-electron chi connectivity index (χ0n) is 14.8. The van der Waals surface area contributed by atoms with E-state index in [4.69, 9.17) is 14.2 Å². The van der Waals surface area contributed by atoms with Gasteiger partial charge in [0, 0.05) is 0 Å². The van der Waals surface area contributed by atoms with Crippen molar-refractivity contribution in [2.45, 2.75) is 6.92 Å². The minimum absolute atomic E-state index is 0.266. The van der Waals surface area contributed by atoms with Crippen LogP contribution in [0.5, 0.6) is 11.5 Å². The quantitative estimate of drug-likeness (QED) is 0.559. The fourth-order valence-electron chi connectivity index (χ4n) is 2.15. The number of para-hydroxylation sites is 1. The average Bonchev–Trinajstić information content (AvgIpc) is 2.66. The molecule has 0 saturated carbocycles. The van der Waals surface area contributed by atoms with Crippen LogP contribution in [0.15, 0.2) is 48.5 Å². The van der Waals surface area contributed by atoms with Gasteiger partial charge in [0.1, 0.15) is 18.1 Å². The summed E-state index contributed by atoms with van der Waals surface area (Å²) >= 11 is 0. The van der Waals surface area contributed by atoms with E-state index in [-0.39, 0.29) is 6.61 Å². The highest BCUT2D eigenvalue weighted by Crippen LogP contribution is 2.17. The highest BCUT2D eigenvalue weighted by Gasteiger charge is 2.13. The fraction of sp³-hybridized carbons (Fsp3) is 0.263. The molecular weight excluding hydrogens is 336 g/mol. The molecule has 2 aromatic carbocycles. The molecular formula is C19H22N2O5. The van der Waals surface area contributed by atoms with E-state index in [0.717, 1.165) is 5.75 Å². The number of methoxy groups -OCH3 is 1. The molecule has 26 heavy (non-hydrogen) atoms. The Balaban J connectivity index is 1.79. The van der Waals surface area contributed by atoms with E-state index in [0.29, 0.717) is 30.2 Å². The number of ether oxygens (including phenoxy) is 3. The highest BCUT2D eigenvalue weighted by molar-refractivity contribution is 6.00. The number of nitrogens with one attached hydrogen (secondary N) is 2. The SMILES string of the molecule is CCOC(=O)c1ccccc1NC(=O)NCCOc1ccc(OC)cc1. The van der Waals surface area contributed by atoms with Gasteiger partial charge in [0.2, 0.25) is 0 Å². The van der Waals surface area contributed by atoms with Crippen LogP contribution in [-0.2, 0) is 4.74 Å². The summed E-state index contributed by atoms with van der Waals surface area (Å²) in [5.41, 5.74) is 0.693. The van der Waals surface area contributed by atoms with Crippen molar-refractivity contribution in [3.63, 3.8) is 0 Å². The summed E-state index contributed by atoms with van der Waals surface area (Å²) in [6.07, 6.45) is 0. The van der Waals surface area contributed by atoms with Crippen LogP contribution in [0.3, 0.4) is 0 Å². The number of hydrogen-bond acceptors (Lipinski definition) is 5. The molecule has 0 unspecified atom stereocenters. The molecule has 0 fully saturated rings. The molecule has 2 amide bonds. The zero-order chi connectivity index (χ0) is 18.8. The number of urea groups is 1. The van der Waals surface area contributed by atoms with Crippen LogP contribution in [-0.4, -0.2) is 38.9 Å². The Hall–Kier alpha value is -3.22. The molecule has 0 bridgehead atoms. The molecule has 0 aliphatic carbocycles. The minimum atomic E-state index is -0.480. The summed E-state index contributed by atoms with van der Waals surface area (Å²) in [4.78, 5) is 23.9. The number of amides is 2. The Morgan fingerprint density at radius 1 is 1.00 bits per heavy atom. The van der Waals surface area contributed by atoms with Gasteiger partial charge < -0.3 is 24.8 Å². The molecule has 7 nitrogen and oxygen atoms in total. The van der Waals surface area contributed by atoms with E-state index in [1.165, 1.54) is 0 Å². The van der Waals surface area contributed by atoms with Crippen molar-refractivity contribution in [3.8, 4) is 11.5 Å². The lowest BCUT2D eigenvalue weighted by atomic mass is 10.2. The molecule has 0 spiro atoms. The molecule has 138 valence electrons. The van der Waals surface area contributed by atoms with E-state index in [1.807, 2.05) is 0 Å². The molecule has 0 radical (unpaired) electrons. The molecule has 2 aromatic rings. The van der Waals surface area contributed by atoms with Crippen molar-refractivity contribution in [2.24, 2.45) is 0 Å². The predicted octanol–water partition coefficient (Wildman–Crippen LogP) is 3.07. The minimum Gasteiger partial charge on any atom is -0.497 e. The third kappa shape index (κ3) is 5.70. The number of rotatable bonds is 8. The Bertz CT molecular complexity index is 731. The van der Waals surface area contributed by atoms with Gasteiger partial charge in [0.25, 0.3) is 0 Å². The van der Waals surface area contributed by atoms with Gasteiger partial charge in [0.05, 0.1) is 31.5 Å². The van der Waals surface area contributed by atoms with Crippen LogP contribution in [0.25, 0.3) is 0 Å². The second-order valence-electron chi connectivity index (χ2n) is 5.17. The fourth-order valence-corrected chi connectivity index (χ4v) is 2.15. The Kier molecular flexibility index (Phi) is 7.30. The van der Waals surface area contributed by atoms with Crippen LogP contribution in [0, 0.1) is 0 Å². The van der Waals surface area contributed by atoms with Gasteiger partial charge in [-0.1, -0.05) is 12.1 Å². The Morgan fingerprint density at radius 2 is 1.69 bits per heavy atom. The first-order valence-electron chi connectivity index (χ1n) is 8.22. The van der Waals surface area contributed by atoms with Crippen LogP contribution in [0.1, 0.15) is 17.3 Å². The number of hydrogen-bond donors (Lipinski definition) is 2. The third-order valence-electron chi connectivity index (χ3n) is 3.39. The van der Waals surface area contributed by atoms with Crippen LogP contribution >= 0.6 is 0 Å². The molecule has 2 rings (SSSR count). The zero-order valence-corrected chi connectivity index (χ0v) is 14.8. The summed E-state index contributed by atoms with van der Waals surface area (Å²) in [5, 5.41) is 5.31. The Morgan fingerprint density at radius 3 is 2.38 bits per heavy atom. The predicted molar refractivity (Wildman–Crippen MR) is 97.9 cm³/mol. The van der Waals surface area contributed by atoms with Gasteiger partial charge in [-0.15, -0.1) is 0 Å². The summed E-state index contributed by atoms with van der Waals surface area (Å²) < 4.78 is 15.6. The van der Waals surface area contributed by atoms with Gasteiger partial charge in [-0.3, -0.25) is 0 Å². The number of carbonyl (C=O) groups is 2. The van der Waals surface area contributed by atoms with E-state index in [9.17, 15) is 9.59 Å². The maximum Gasteiger partial charge on any atom is 0.340 e. The average molecular weight is 358 g/mol. The van der Waals surface area contributed by atoms with E-state index in [2.05, 4.69) is 10.6 Å². The highest BCUT2D eigenvalue weighted by atomic mass is 16.5. The van der Waals surface area contributed by atoms with Gasteiger partial charge in [-0.25, -0.2) is 9.59 Å². The van der Waals surface area contributed by atoms with E-state index in [1.54, 1.807) is 62.6 Å². The first-order valence-corrected chi connectivity index (χ1v) is 8.22. The number of esters is 1. The maximum atomic E-state index is 12.0. The standard InChI is InChI=1S/C19H22N2O5/c1-3-25-18(22)16-6-4-5-7-17(16)21-19(23)20-12-13-26-15-10-8-14(24-2)9-11-15/h4-11H,3,12-13H2,1-2H3,(H2,20,21,23). The smallest absolute Gasteiger partial charge is 0.340 e.